The van der Waals surface area contributed by atoms with Crippen molar-refractivity contribution in [3.05, 3.63) is 64.4 Å². The predicted molar refractivity (Wildman–Crippen MR) is 164 cm³/mol. The van der Waals surface area contributed by atoms with Crippen LogP contribution in [0.5, 0.6) is 0 Å². The van der Waals surface area contributed by atoms with Crippen molar-refractivity contribution in [3.8, 4) is 0 Å². The largest absolute Gasteiger partial charge is 0.466 e. The SMILES string of the molecule is CCOC(=O)CCCN1C(=O)c2cc(Cl)c3c4c(Cl)cc(Br)c5c(Br)cc(Cl)c(c6c(Cl)cc(c2c36)C1=O)c54. The number of carbonyl (C=O) groups excluding carboxylic acids is 3. The Hall–Kier alpha value is -1.87. The second kappa shape index (κ2) is 9.89. The lowest BCUT2D eigenvalue weighted by Crippen LogP contribution is -2.41. The zero-order valence-electron chi connectivity index (χ0n) is 20.0. The highest BCUT2D eigenvalue weighted by molar-refractivity contribution is 9.11. The van der Waals surface area contributed by atoms with Crippen molar-refractivity contribution < 1.29 is 19.1 Å². The van der Waals surface area contributed by atoms with Gasteiger partial charge in [0.2, 0.25) is 0 Å². The first kappa shape index (κ1) is 27.3. The van der Waals surface area contributed by atoms with Crippen molar-refractivity contribution in [1.29, 1.82) is 0 Å². The van der Waals surface area contributed by atoms with E-state index < -0.39 is 11.8 Å². The number of imide groups is 1. The summed E-state index contributed by atoms with van der Waals surface area (Å²) in [6.07, 6.45) is 0.340. The molecule has 0 radical (unpaired) electrons. The molecular formula is C28H15Br2Cl4NO4. The smallest absolute Gasteiger partial charge is 0.305 e. The van der Waals surface area contributed by atoms with Crippen LogP contribution in [-0.2, 0) is 9.53 Å². The Morgan fingerprint density at radius 3 is 1.62 bits per heavy atom. The summed E-state index contributed by atoms with van der Waals surface area (Å²) in [4.78, 5) is 40.3. The van der Waals surface area contributed by atoms with Crippen LogP contribution in [0.3, 0.4) is 0 Å². The van der Waals surface area contributed by atoms with E-state index in [-0.39, 0.29) is 53.1 Å². The molecule has 0 atom stereocenters. The molecule has 0 N–H and O–H groups in total. The summed E-state index contributed by atoms with van der Waals surface area (Å²) in [6, 6.07) is 6.70. The second-order valence-corrected chi connectivity index (χ2v) is 12.5. The summed E-state index contributed by atoms with van der Waals surface area (Å²) in [5.41, 5.74) is 0.534. The molecule has 6 rings (SSSR count). The van der Waals surface area contributed by atoms with Crippen LogP contribution in [0.25, 0.3) is 43.1 Å². The first-order valence-electron chi connectivity index (χ1n) is 11.9. The Bertz CT molecular complexity index is 1820. The van der Waals surface area contributed by atoms with Gasteiger partial charge in [-0.2, -0.15) is 0 Å². The Morgan fingerprint density at radius 1 is 0.718 bits per heavy atom. The number of hydrogen-bond donors (Lipinski definition) is 0. The molecule has 39 heavy (non-hydrogen) atoms. The zero-order chi connectivity index (χ0) is 27.9. The van der Waals surface area contributed by atoms with Gasteiger partial charge in [-0.15, -0.1) is 0 Å². The molecule has 0 aliphatic carbocycles. The Morgan fingerprint density at radius 2 is 1.15 bits per heavy atom. The maximum Gasteiger partial charge on any atom is 0.305 e. The standard InChI is InChI=1S/C28H15Br2Cl4NO4/c1-2-39-18(36)4-3-5-35-27(37)10-6-14(31)21-23-16(33)8-12(29)20-13(30)9-17(34)24(26(20)23)22-15(32)7-11(28(35)38)19(10)25(21)22/h6-9H,2-5H2,1H3. The number of hydrogen-bond acceptors (Lipinski definition) is 4. The summed E-state index contributed by atoms with van der Waals surface area (Å²) in [6.45, 7) is 2.02. The molecule has 198 valence electrons. The van der Waals surface area contributed by atoms with Gasteiger partial charge in [0.15, 0.2) is 0 Å². The van der Waals surface area contributed by atoms with Gasteiger partial charge in [-0.3, -0.25) is 19.3 Å². The van der Waals surface area contributed by atoms with Gasteiger partial charge in [-0.25, -0.2) is 0 Å². The molecule has 11 heteroatoms. The number of ether oxygens (including phenoxy) is 1. The average molecular weight is 731 g/mol. The van der Waals surface area contributed by atoms with E-state index in [0.29, 0.717) is 42.4 Å². The number of amides is 2. The van der Waals surface area contributed by atoms with Crippen molar-refractivity contribution in [2.75, 3.05) is 13.2 Å². The molecule has 5 aromatic carbocycles. The van der Waals surface area contributed by atoms with E-state index in [4.69, 9.17) is 51.1 Å². The van der Waals surface area contributed by atoms with Crippen molar-refractivity contribution in [2.24, 2.45) is 0 Å². The monoisotopic (exact) mass is 727 g/mol. The Kier molecular flexibility index (Phi) is 6.93. The fraction of sp³-hybridized carbons (Fsp3) is 0.179. The number of esters is 1. The van der Waals surface area contributed by atoms with E-state index in [1.165, 1.54) is 0 Å². The summed E-state index contributed by atoms with van der Waals surface area (Å²) in [5, 5.41) is 6.43. The molecule has 0 aromatic heterocycles. The van der Waals surface area contributed by atoms with Crippen LogP contribution >= 0.6 is 78.3 Å². The highest BCUT2D eigenvalue weighted by Crippen LogP contribution is 2.54. The average Bonchev–Trinajstić information content (AvgIpc) is 2.86. The maximum absolute atomic E-state index is 13.7. The Balaban J connectivity index is 1.70. The van der Waals surface area contributed by atoms with Crippen molar-refractivity contribution in [3.63, 3.8) is 0 Å². The third-order valence-electron chi connectivity index (χ3n) is 7.04. The molecule has 5 nitrogen and oxygen atoms in total. The predicted octanol–water partition coefficient (Wildman–Crippen LogP) is 9.82. The van der Waals surface area contributed by atoms with Crippen molar-refractivity contribution >= 4 is 139 Å². The number of nitrogens with zero attached hydrogens (tertiary/aromatic N) is 1. The number of carbonyl (C=O) groups is 3. The summed E-state index contributed by atoms with van der Waals surface area (Å²) >= 11 is 34.7. The molecule has 0 saturated carbocycles. The lowest BCUT2D eigenvalue weighted by molar-refractivity contribution is -0.143. The molecule has 0 saturated heterocycles. The van der Waals surface area contributed by atoms with Crippen LogP contribution in [0.1, 0.15) is 40.5 Å². The van der Waals surface area contributed by atoms with E-state index in [1.54, 1.807) is 31.2 Å². The van der Waals surface area contributed by atoms with E-state index in [1.807, 2.05) is 0 Å². The Labute approximate surface area is 258 Å². The van der Waals surface area contributed by atoms with Crippen LogP contribution in [-0.4, -0.2) is 35.8 Å². The number of benzene rings is 5. The van der Waals surface area contributed by atoms with E-state index in [0.717, 1.165) is 24.6 Å². The van der Waals surface area contributed by atoms with Gasteiger partial charge in [0.25, 0.3) is 11.8 Å². The topological polar surface area (TPSA) is 63.7 Å². The third kappa shape index (κ3) is 3.96. The van der Waals surface area contributed by atoms with E-state index in [9.17, 15) is 14.4 Å². The van der Waals surface area contributed by atoms with Crippen LogP contribution in [0, 0.1) is 0 Å². The summed E-state index contributed by atoms with van der Waals surface area (Å²) in [7, 11) is 0. The van der Waals surface area contributed by atoms with Crippen LogP contribution in [0.15, 0.2) is 33.2 Å². The van der Waals surface area contributed by atoms with Crippen molar-refractivity contribution in [2.45, 2.75) is 19.8 Å². The lowest BCUT2D eigenvalue weighted by Gasteiger charge is -2.29. The van der Waals surface area contributed by atoms with Gasteiger partial charge in [0.05, 0.1) is 27.8 Å². The third-order valence-corrected chi connectivity index (χ3v) is 9.48. The quantitative estimate of drug-likeness (QED) is 0.0782. The fourth-order valence-corrected chi connectivity index (χ4v) is 8.57. The van der Waals surface area contributed by atoms with Crippen LogP contribution < -0.4 is 0 Å². The lowest BCUT2D eigenvalue weighted by atomic mass is 9.84. The zero-order valence-corrected chi connectivity index (χ0v) is 26.2. The van der Waals surface area contributed by atoms with Gasteiger partial charge in [0.1, 0.15) is 0 Å². The van der Waals surface area contributed by atoms with E-state index in [2.05, 4.69) is 31.9 Å². The van der Waals surface area contributed by atoms with E-state index >= 15 is 0 Å². The minimum atomic E-state index is -0.502. The molecule has 0 spiro atoms. The second-order valence-electron chi connectivity index (χ2n) is 9.16. The molecule has 0 bridgehead atoms. The molecule has 1 aliphatic rings. The highest BCUT2D eigenvalue weighted by Gasteiger charge is 2.36. The number of halogens is 6. The molecule has 1 heterocycles. The van der Waals surface area contributed by atoms with Crippen LogP contribution in [0.2, 0.25) is 20.1 Å². The number of fused-ring (bicyclic) bond motifs is 2. The molecular weight excluding hydrogens is 716 g/mol. The minimum Gasteiger partial charge on any atom is -0.466 e. The van der Waals surface area contributed by atoms with Gasteiger partial charge in [0, 0.05) is 75.0 Å². The molecule has 5 aromatic rings. The molecule has 1 aliphatic heterocycles. The highest BCUT2D eigenvalue weighted by atomic mass is 79.9. The van der Waals surface area contributed by atoms with Gasteiger partial charge in [-0.05, 0) is 37.6 Å². The summed E-state index contributed by atoms with van der Waals surface area (Å²) in [5.74, 6) is -1.39. The maximum atomic E-state index is 13.7. The molecule has 0 fully saturated rings. The molecule has 0 unspecified atom stereocenters. The van der Waals surface area contributed by atoms with Gasteiger partial charge in [-0.1, -0.05) is 78.3 Å². The van der Waals surface area contributed by atoms with Crippen LogP contribution in [0.4, 0.5) is 0 Å². The fourth-order valence-electron chi connectivity index (χ4n) is 5.56. The first-order chi connectivity index (χ1) is 18.6. The minimum absolute atomic E-state index is 0.0397. The van der Waals surface area contributed by atoms with Gasteiger partial charge >= 0.3 is 5.97 Å². The van der Waals surface area contributed by atoms with Crippen molar-refractivity contribution in [1.82, 2.24) is 4.90 Å². The first-order valence-corrected chi connectivity index (χ1v) is 15.0. The molecule has 2 amide bonds. The number of rotatable bonds is 5. The normalized spacial score (nSPS) is 13.6. The van der Waals surface area contributed by atoms with Gasteiger partial charge < -0.3 is 4.74 Å². The summed E-state index contributed by atoms with van der Waals surface area (Å²) < 4.78 is 6.46.